The van der Waals surface area contributed by atoms with Crippen molar-refractivity contribution in [3.63, 3.8) is 0 Å². The molecule has 0 radical (unpaired) electrons. The minimum Gasteiger partial charge on any atom is -0.492 e. The summed E-state index contributed by atoms with van der Waals surface area (Å²) in [7, 11) is 0. The molecule has 0 aliphatic rings. The van der Waals surface area contributed by atoms with E-state index < -0.39 is 0 Å². The first-order valence-corrected chi connectivity index (χ1v) is 7.87. The van der Waals surface area contributed by atoms with Crippen molar-refractivity contribution in [1.82, 2.24) is 14.9 Å². The van der Waals surface area contributed by atoms with Crippen LogP contribution in [0.15, 0.2) is 36.7 Å². The molecule has 1 N–H and O–H groups in total. The predicted octanol–water partition coefficient (Wildman–Crippen LogP) is 2.59. The summed E-state index contributed by atoms with van der Waals surface area (Å²) in [6.07, 6.45) is 3.02. The zero-order valence-electron chi connectivity index (χ0n) is 13.8. The van der Waals surface area contributed by atoms with E-state index in [9.17, 15) is 9.18 Å². The van der Waals surface area contributed by atoms with Crippen LogP contribution in [0.5, 0.6) is 5.75 Å². The third kappa shape index (κ3) is 4.91. The van der Waals surface area contributed by atoms with E-state index in [-0.39, 0.29) is 11.7 Å². The van der Waals surface area contributed by atoms with E-state index in [1.165, 1.54) is 24.5 Å². The molecule has 2 aromatic rings. The fourth-order valence-electron chi connectivity index (χ4n) is 2.08. The minimum absolute atomic E-state index is 0.150. The Bertz CT molecular complexity index is 647. The first kappa shape index (κ1) is 17.7. The number of hydrogen-bond donors (Lipinski definition) is 1. The van der Waals surface area contributed by atoms with Crippen molar-refractivity contribution in [1.29, 1.82) is 0 Å². The van der Waals surface area contributed by atoms with Crippen LogP contribution in [0.25, 0.3) is 0 Å². The largest absolute Gasteiger partial charge is 0.492 e. The second-order valence-electron chi connectivity index (χ2n) is 5.01. The third-order valence-corrected chi connectivity index (χ3v) is 3.35. The van der Waals surface area contributed by atoms with Crippen molar-refractivity contribution in [3.8, 4) is 5.75 Å². The lowest BCUT2D eigenvalue weighted by Gasteiger charge is -2.21. The van der Waals surface area contributed by atoms with Gasteiger partial charge in [-0.2, -0.15) is 0 Å². The molecular weight excluding hydrogens is 311 g/mol. The van der Waals surface area contributed by atoms with E-state index in [1.54, 1.807) is 17.0 Å². The Kier molecular flexibility index (Phi) is 6.48. The highest BCUT2D eigenvalue weighted by Crippen LogP contribution is 2.11. The smallest absolute Gasteiger partial charge is 0.257 e. The van der Waals surface area contributed by atoms with Crippen LogP contribution in [-0.4, -0.2) is 47.0 Å². The van der Waals surface area contributed by atoms with Crippen molar-refractivity contribution in [2.75, 3.05) is 31.6 Å². The first-order valence-electron chi connectivity index (χ1n) is 7.87. The Morgan fingerprint density at radius 2 is 1.88 bits per heavy atom. The number of halogens is 1. The second-order valence-corrected chi connectivity index (χ2v) is 5.01. The molecule has 7 heteroatoms. The zero-order chi connectivity index (χ0) is 17.4. The van der Waals surface area contributed by atoms with E-state index in [1.807, 2.05) is 13.8 Å². The van der Waals surface area contributed by atoms with Gasteiger partial charge >= 0.3 is 0 Å². The molecule has 0 saturated carbocycles. The molecule has 1 aromatic carbocycles. The normalized spacial score (nSPS) is 10.3. The second kappa shape index (κ2) is 8.81. The number of amides is 1. The van der Waals surface area contributed by atoms with Gasteiger partial charge in [0.15, 0.2) is 0 Å². The number of aromatic nitrogens is 2. The van der Waals surface area contributed by atoms with Gasteiger partial charge in [-0.25, -0.2) is 14.4 Å². The SMILES string of the molecule is CCNc1ncc(C(=O)N(CC)CCOc2ccc(F)cc2)cn1. The summed E-state index contributed by atoms with van der Waals surface area (Å²) in [6.45, 7) is 5.84. The van der Waals surface area contributed by atoms with Crippen molar-refractivity contribution in [2.45, 2.75) is 13.8 Å². The fraction of sp³-hybridized carbons (Fsp3) is 0.353. The number of rotatable bonds is 8. The van der Waals surface area contributed by atoms with Gasteiger partial charge < -0.3 is 15.0 Å². The van der Waals surface area contributed by atoms with E-state index in [2.05, 4.69) is 15.3 Å². The average Bonchev–Trinajstić information content (AvgIpc) is 2.61. The third-order valence-electron chi connectivity index (χ3n) is 3.35. The standard InChI is InChI=1S/C17H21FN4O2/c1-3-19-17-20-11-13(12-21-17)16(23)22(4-2)9-10-24-15-7-5-14(18)6-8-15/h5-8,11-12H,3-4,9-10H2,1-2H3,(H,19,20,21). The fourth-order valence-corrected chi connectivity index (χ4v) is 2.08. The Hall–Kier alpha value is -2.70. The van der Waals surface area contributed by atoms with Crippen molar-refractivity contribution < 1.29 is 13.9 Å². The number of nitrogens with zero attached hydrogens (tertiary/aromatic N) is 3. The maximum atomic E-state index is 12.8. The maximum Gasteiger partial charge on any atom is 0.257 e. The average molecular weight is 332 g/mol. The van der Waals surface area contributed by atoms with Crippen molar-refractivity contribution >= 4 is 11.9 Å². The van der Waals surface area contributed by atoms with Gasteiger partial charge in [-0.05, 0) is 38.1 Å². The monoisotopic (exact) mass is 332 g/mol. The van der Waals surface area contributed by atoms with Crippen LogP contribution in [0.4, 0.5) is 10.3 Å². The van der Waals surface area contributed by atoms with E-state index in [0.29, 0.717) is 37.0 Å². The summed E-state index contributed by atoms with van der Waals surface area (Å²) in [5, 5.41) is 2.98. The van der Waals surface area contributed by atoms with Crippen LogP contribution >= 0.6 is 0 Å². The predicted molar refractivity (Wildman–Crippen MR) is 89.7 cm³/mol. The molecule has 0 atom stereocenters. The first-order chi connectivity index (χ1) is 11.6. The highest BCUT2D eigenvalue weighted by atomic mass is 19.1. The quantitative estimate of drug-likeness (QED) is 0.805. The molecular formula is C17H21FN4O2. The number of anilines is 1. The molecule has 1 amide bonds. The van der Waals surface area contributed by atoms with Gasteiger partial charge in [-0.1, -0.05) is 0 Å². The number of carbonyl (C=O) groups is 1. The van der Waals surface area contributed by atoms with Crippen molar-refractivity contribution in [2.24, 2.45) is 0 Å². The molecule has 6 nitrogen and oxygen atoms in total. The number of benzene rings is 1. The number of hydrogen-bond acceptors (Lipinski definition) is 5. The summed E-state index contributed by atoms with van der Waals surface area (Å²) < 4.78 is 18.4. The van der Waals surface area contributed by atoms with Crippen molar-refractivity contribution in [3.05, 3.63) is 48.0 Å². The molecule has 0 aliphatic heterocycles. The number of carbonyl (C=O) groups excluding carboxylic acids is 1. The van der Waals surface area contributed by atoms with Gasteiger partial charge in [0, 0.05) is 25.5 Å². The van der Waals surface area contributed by atoms with E-state index in [4.69, 9.17) is 4.74 Å². The lowest BCUT2D eigenvalue weighted by molar-refractivity contribution is 0.0739. The molecule has 0 spiro atoms. The van der Waals surface area contributed by atoms with E-state index in [0.717, 1.165) is 6.54 Å². The molecule has 0 fully saturated rings. The summed E-state index contributed by atoms with van der Waals surface area (Å²) in [6, 6.07) is 5.78. The lowest BCUT2D eigenvalue weighted by Crippen LogP contribution is -2.34. The van der Waals surface area contributed by atoms with Gasteiger partial charge in [0.1, 0.15) is 18.2 Å². The van der Waals surface area contributed by atoms with Gasteiger partial charge in [0.05, 0.1) is 12.1 Å². The highest BCUT2D eigenvalue weighted by molar-refractivity contribution is 5.93. The minimum atomic E-state index is -0.311. The summed E-state index contributed by atoms with van der Waals surface area (Å²) in [5.41, 5.74) is 0.431. The van der Waals surface area contributed by atoms with Gasteiger partial charge in [0.25, 0.3) is 5.91 Å². The number of nitrogens with one attached hydrogen (secondary N) is 1. The molecule has 128 valence electrons. The van der Waals surface area contributed by atoms with Crippen LogP contribution in [-0.2, 0) is 0 Å². The zero-order valence-corrected chi connectivity index (χ0v) is 13.8. The Morgan fingerprint density at radius 3 is 2.46 bits per heavy atom. The lowest BCUT2D eigenvalue weighted by atomic mass is 10.3. The Balaban J connectivity index is 1.89. The van der Waals surface area contributed by atoms with Crippen LogP contribution in [0.2, 0.25) is 0 Å². The van der Waals surface area contributed by atoms with E-state index >= 15 is 0 Å². The summed E-state index contributed by atoms with van der Waals surface area (Å²) in [4.78, 5) is 22.3. The van der Waals surface area contributed by atoms with Crippen LogP contribution in [0.1, 0.15) is 24.2 Å². The Labute approximate surface area is 140 Å². The molecule has 0 unspecified atom stereocenters. The maximum absolute atomic E-state index is 12.8. The number of ether oxygens (including phenoxy) is 1. The highest BCUT2D eigenvalue weighted by Gasteiger charge is 2.15. The van der Waals surface area contributed by atoms with Gasteiger partial charge in [0.2, 0.25) is 5.95 Å². The molecule has 0 saturated heterocycles. The van der Waals surface area contributed by atoms with Crippen LogP contribution < -0.4 is 10.1 Å². The molecule has 1 heterocycles. The molecule has 24 heavy (non-hydrogen) atoms. The molecule has 0 bridgehead atoms. The summed E-state index contributed by atoms with van der Waals surface area (Å²) in [5.74, 6) is 0.604. The van der Waals surface area contributed by atoms with Crippen LogP contribution in [0.3, 0.4) is 0 Å². The molecule has 1 aromatic heterocycles. The van der Waals surface area contributed by atoms with Gasteiger partial charge in [-0.15, -0.1) is 0 Å². The summed E-state index contributed by atoms with van der Waals surface area (Å²) >= 11 is 0. The Morgan fingerprint density at radius 1 is 1.21 bits per heavy atom. The number of likely N-dealkylation sites (N-methyl/N-ethyl adjacent to an activating group) is 1. The molecule has 0 aliphatic carbocycles. The van der Waals surface area contributed by atoms with Crippen LogP contribution in [0, 0.1) is 5.82 Å². The van der Waals surface area contributed by atoms with Gasteiger partial charge in [-0.3, -0.25) is 4.79 Å². The molecule has 2 rings (SSSR count). The topological polar surface area (TPSA) is 67.4 Å².